The van der Waals surface area contributed by atoms with Crippen LogP contribution in [0.2, 0.25) is 0 Å². The summed E-state index contributed by atoms with van der Waals surface area (Å²) in [6.07, 6.45) is 0.799. The van der Waals surface area contributed by atoms with Crippen molar-refractivity contribution < 1.29 is 19.8 Å². The highest BCUT2D eigenvalue weighted by Crippen LogP contribution is 2.22. The largest absolute Gasteiger partial charge is 0.481 e. The molecule has 2 N–H and O–H groups in total. The summed E-state index contributed by atoms with van der Waals surface area (Å²) >= 11 is 0. The van der Waals surface area contributed by atoms with Gasteiger partial charge in [-0.25, -0.2) is 0 Å². The number of hydrogen-bond acceptors (Lipinski definition) is 2. The summed E-state index contributed by atoms with van der Waals surface area (Å²) in [6, 6.07) is 15.4. The van der Waals surface area contributed by atoms with Crippen LogP contribution in [0.1, 0.15) is 28.7 Å². The lowest BCUT2D eigenvalue weighted by molar-refractivity contribution is -0.145. The molecule has 0 aromatic heterocycles. The summed E-state index contributed by atoms with van der Waals surface area (Å²) in [7, 11) is 0. The first-order valence-electron chi connectivity index (χ1n) is 8.42. The predicted octanol–water partition coefficient (Wildman–Crippen LogP) is 3.88. The van der Waals surface area contributed by atoms with Gasteiger partial charge in [0.05, 0.1) is 11.8 Å². The maximum Gasteiger partial charge on any atom is 0.306 e. The van der Waals surface area contributed by atoms with E-state index in [1.54, 1.807) is 0 Å². The molecule has 2 rings (SSSR count). The van der Waals surface area contributed by atoms with E-state index in [2.05, 4.69) is 0 Å². The number of carboxylic acids is 2. The van der Waals surface area contributed by atoms with Crippen LogP contribution < -0.4 is 0 Å². The number of benzene rings is 2. The molecular formula is C21H24O4. The van der Waals surface area contributed by atoms with Gasteiger partial charge >= 0.3 is 11.9 Å². The Morgan fingerprint density at radius 3 is 1.32 bits per heavy atom. The van der Waals surface area contributed by atoms with Crippen LogP contribution >= 0.6 is 0 Å². The topological polar surface area (TPSA) is 74.6 Å². The summed E-state index contributed by atoms with van der Waals surface area (Å²) in [5.74, 6) is -3.32. The van der Waals surface area contributed by atoms with Gasteiger partial charge in [0.15, 0.2) is 0 Å². The predicted molar refractivity (Wildman–Crippen MR) is 96.6 cm³/mol. The van der Waals surface area contributed by atoms with Gasteiger partial charge < -0.3 is 10.2 Å². The van der Waals surface area contributed by atoms with E-state index in [4.69, 9.17) is 0 Å². The number of carbonyl (C=O) groups is 2. The minimum absolute atomic E-state index is 0.117. The van der Waals surface area contributed by atoms with Crippen molar-refractivity contribution in [3.63, 3.8) is 0 Å². The van der Waals surface area contributed by atoms with Crippen molar-refractivity contribution in [2.24, 2.45) is 11.8 Å². The fourth-order valence-corrected chi connectivity index (χ4v) is 2.90. The van der Waals surface area contributed by atoms with Crippen LogP contribution in [-0.2, 0) is 22.4 Å². The third-order valence-electron chi connectivity index (χ3n) is 4.47. The van der Waals surface area contributed by atoms with Crippen LogP contribution in [0.3, 0.4) is 0 Å². The summed E-state index contributed by atoms with van der Waals surface area (Å²) in [4.78, 5) is 23.3. The lowest BCUT2D eigenvalue weighted by atomic mass is 9.86. The standard InChI is InChI=1S/C21H24O4/c1-14-3-7-16(8-4-14)11-18(20(22)23)13-19(21(24)25)12-17-9-5-15(2)6-10-17/h3-10,18-19H,11-13H2,1-2H3,(H,22,23)(H,24,25)/t18-,19-/m0/s1. The average molecular weight is 340 g/mol. The molecule has 0 heterocycles. The fraction of sp³-hybridized carbons (Fsp3) is 0.333. The molecule has 0 bridgehead atoms. The monoisotopic (exact) mass is 340 g/mol. The van der Waals surface area contributed by atoms with Crippen LogP contribution in [0.5, 0.6) is 0 Å². The summed E-state index contributed by atoms with van der Waals surface area (Å²) in [5.41, 5.74) is 4.05. The summed E-state index contributed by atoms with van der Waals surface area (Å²) in [6.45, 7) is 3.95. The average Bonchev–Trinajstić information content (AvgIpc) is 2.57. The molecule has 2 aromatic carbocycles. The van der Waals surface area contributed by atoms with Crippen molar-refractivity contribution in [1.82, 2.24) is 0 Å². The normalized spacial score (nSPS) is 13.2. The van der Waals surface area contributed by atoms with Crippen LogP contribution in [0.25, 0.3) is 0 Å². The maximum absolute atomic E-state index is 11.6. The van der Waals surface area contributed by atoms with Gasteiger partial charge in [-0.3, -0.25) is 9.59 Å². The van der Waals surface area contributed by atoms with Crippen molar-refractivity contribution in [3.05, 3.63) is 70.8 Å². The molecule has 2 atom stereocenters. The molecule has 2 aromatic rings. The highest BCUT2D eigenvalue weighted by Gasteiger charge is 2.27. The van der Waals surface area contributed by atoms with Gasteiger partial charge in [0.25, 0.3) is 0 Å². The SMILES string of the molecule is Cc1ccc(C[C@@H](C[C@H](Cc2ccc(C)cc2)C(=O)O)C(=O)O)cc1. The minimum Gasteiger partial charge on any atom is -0.481 e. The first kappa shape index (κ1) is 18.7. The molecule has 0 saturated carbocycles. The molecule has 0 aliphatic heterocycles. The molecule has 0 saturated heterocycles. The number of aliphatic carboxylic acids is 2. The van der Waals surface area contributed by atoms with Crippen molar-refractivity contribution >= 4 is 11.9 Å². The smallest absolute Gasteiger partial charge is 0.306 e. The Bertz CT molecular complexity index is 653. The van der Waals surface area contributed by atoms with Crippen molar-refractivity contribution in [2.75, 3.05) is 0 Å². The van der Waals surface area contributed by atoms with Gasteiger partial charge in [0, 0.05) is 0 Å². The van der Waals surface area contributed by atoms with Crippen LogP contribution in [0.4, 0.5) is 0 Å². The first-order valence-corrected chi connectivity index (χ1v) is 8.42. The second-order valence-electron chi connectivity index (χ2n) is 6.69. The number of rotatable bonds is 8. The van der Waals surface area contributed by atoms with Gasteiger partial charge in [-0.2, -0.15) is 0 Å². The Morgan fingerprint density at radius 1 is 0.720 bits per heavy atom. The third kappa shape index (κ3) is 5.75. The van der Waals surface area contributed by atoms with Gasteiger partial charge in [-0.05, 0) is 44.2 Å². The van der Waals surface area contributed by atoms with E-state index >= 15 is 0 Å². The molecule has 0 amide bonds. The lowest BCUT2D eigenvalue weighted by Gasteiger charge is -2.18. The molecule has 4 nitrogen and oxygen atoms in total. The quantitative estimate of drug-likeness (QED) is 0.765. The molecule has 0 aliphatic carbocycles. The number of aryl methyl sites for hydroxylation is 2. The van der Waals surface area contributed by atoms with Crippen LogP contribution in [0.15, 0.2) is 48.5 Å². The lowest BCUT2D eigenvalue weighted by Crippen LogP contribution is -2.26. The second-order valence-corrected chi connectivity index (χ2v) is 6.69. The highest BCUT2D eigenvalue weighted by atomic mass is 16.4. The molecule has 0 unspecified atom stereocenters. The Morgan fingerprint density at radius 2 is 1.04 bits per heavy atom. The molecule has 25 heavy (non-hydrogen) atoms. The van der Waals surface area contributed by atoms with Crippen LogP contribution in [0, 0.1) is 25.7 Å². The maximum atomic E-state index is 11.6. The highest BCUT2D eigenvalue weighted by molar-refractivity contribution is 5.74. The summed E-state index contributed by atoms with van der Waals surface area (Å²) < 4.78 is 0. The zero-order chi connectivity index (χ0) is 18.4. The Labute approximate surface area is 148 Å². The van der Waals surface area contributed by atoms with Gasteiger partial charge in [-0.15, -0.1) is 0 Å². The zero-order valence-corrected chi connectivity index (χ0v) is 14.6. The number of carboxylic acid groups (broad SMARTS) is 2. The third-order valence-corrected chi connectivity index (χ3v) is 4.47. The molecule has 4 heteroatoms. The first-order chi connectivity index (χ1) is 11.8. The van der Waals surface area contributed by atoms with E-state index in [0.29, 0.717) is 12.8 Å². The molecule has 0 fully saturated rings. The minimum atomic E-state index is -0.948. The van der Waals surface area contributed by atoms with Crippen molar-refractivity contribution in [3.8, 4) is 0 Å². The molecule has 132 valence electrons. The molecular weight excluding hydrogens is 316 g/mol. The van der Waals surface area contributed by atoms with E-state index < -0.39 is 23.8 Å². The molecule has 0 aliphatic rings. The zero-order valence-electron chi connectivity index (χ0n) is 14.6. The Kier molecular flexibility index (Phi) is 6.34. The Hall–Kier alpha value is -2.62. The van der Waals surface area contributed by atoms with E-state index in [1.165, 1.54) is 0 Å². The second kappa shape index (κ2) is 8.47. The van der Waals surface area contributed by atoms with E-state index in [9.17, 15) is 19.8 Å². The number of hydrogen-bond donors (Lipinski definition) is 2. The van der Waals surface area contributed by atoms with E-state index in [-0.39, 0.29) is 6.42 Å². The van der Waals surface area contributed by atoms with E-state index in [0.717, 1.165) is 22.3 Å². The van der Waals surface area contributed by atoms with Gasteiger partial charge in [-0.1, -0.05) is 59.7 Å². The Balaban J connectivity index is 2.10. The van der Waals surface area contributed by atoms with Crippen LogP contribution in [-0.4, -0.2) is 22.2 Å². The van der Waals surface area contributed by atoms with Crippen molar-refractivity contribution in [1.29, 1.82) is 0 Å². The van der Waals surface area contributed by atoms with Gasteiger partial charge in [0.2, 0.25) is 0 Å². The fourth-order valence-electron chi connectivity index (χ4n) is 2.90. The van der Waals surface area contributed by atoms with Crippen molar-refractivity contribution in [2.45, 2.75) is 33.1 Å². The molecule has 0 radical (unpaired) electrons. The molecule has 0 spiro atoms. The summed E-state index contributed by atoms with van der Waals surface area (Å²) in [5, 5.41) is 19.1. The van der Waals surface area contributed by atoms with E-state index in [1.807, 2.05) is 62.4 Å². The van der Waals surface area contributed by atoms with Gasteiger partial charge in [0.1, 0.15) is 0 Å².